The molecule has 0 aromatic heterocycles. The molecule has 0 amide bonds. The summed E-state index contributed by atoms with van der Waals surface area (Å²) in [5.41, 5.74) is -0.783. The molecule has 0 aromatic rings. The summed E-state index contributed by atoms with van der Waals surface area (Å²) in [5, 5.41) is 11.4. The first-order valence-corrected chi connectivity index (χ1v) is 8.07. The van der Waals surface area contributed by atoms with E-state index in [1.165, 1.54) is 32.1 Å². The number of esters is 1. The molecule has 4 nitrogen and oxygen atoms in total. The molecule has 5 heteroatoms. The predicted octanol–water partition coefficient (Wildman–Crippen LogP) is -0.653. The molecule has 0 aromatic carbocycles. The first kappa shape index (κ1) is 19.0. The molecule has 1 saturated carbocycles. The van der Waals surface area contributed by atoms with Gasteiger partial charge in [-0.1, -0.05) is 44.9 Å². The van der Waals surface area contributed by atoms with Gasteiger partial charge in [-0.2, -0.15) is 0 Å². The molecule has 2 aliphatic rings. The van der Waals surface area contributed by atoms with Gasteiger partial charge in [0, 0.05) is 11.9 Å². The Morgan fingerprint density at radius 3 is 1.81 bits per heavy atom. The average Bonchev–Trinajstić information content (AvgIpc) is 2.72. The molecular weight excluding hydrogens is 279 g/mol. The van der Waals surface area contributed by atoms with Crippen molar-refractivity contribution in [3.05, 3.63) is 0 Å². The van der Waals surface area contributed by atoms with Crippen molar-refractivity contribution in [2.75, 3.05) is 0 Å². The Hall–Kier alpha value is -0.0600. The van der Waals surface area contributed by atoms with E-state index in [4.69, 9.17) is 4.74 Å². The van der Waals surface area contributed by atoms with Gasteiger partial charge in [0.15, 0.2) is 0 Å². The quantitative estimate of drug-likeness (QED) is 0.477. The summed E-state index contributed by atoms with van der Waals surface area (Å²) in [6.45, 7) is 0. The first-order chi connectivity index (χ1) is 9.64. The zero-order valence-corrected chi connectivity index (χ0v) is 15.2. The Labute approximate surface area is 149 Å². The summed E-state index contributed by atoms with van der Waals surface area (Å²) < 4.78 is 5.51. The fourth-order valence-electron chi connectivity index (χ4n) is 3.65. The van der Waals surface area contributed by atoms with Crippen LogP contribution in [0.25, 0.3) is 0 Å². The van der Waals surface area contributed by atoms with Crippen LogP contribution in [-0.4, -0.2) is 17.5 Å². The third-order valence-corrected chi connectivity index (χ3v) is 4.81. The Kier molecular flexibility index (Phi) is 8.28. The molecule has 114 valence electrons. The van der Waals surface area contributed by atoms with Gasteiger partial charge in [-0.15, -0.1) is 0 Å². The summed E-state index contributed by atoms with van der Waals surface area (Å²) in [6, 6.07) is 0. The minimum absolute atomic E-state index is 0. The van der Waals surface area contributed by atoms with Gasteiger partial charge in [0.05, 0.1) is 6.42 Å². The second-order valence-electron chi connectivity index (χ2n) is 6.30. The minimum Gasteiger partial charge on any atom is -0.550 e. The number of carbonyl (C=O) groups excluding carboxylic acids is 2. The molecule has 21 heavy (non-hydrogen) atoms. The van der Waals surface area contributed by atoms with Crippen molar-refractivity contribution in [2.45, 2.75) is 82.7 Å². The number of hydrogen-bond donors (Lipinski definition) is 0. The van der Waals surface area contributed by atoms with Crippen LogP contribution in [0.15, 0.2) is 0 Å². The number of ether oxygens (including phenoxy) is 1. The van der Waals surface area contributed by atoms with Crippen molar-refractivity contribution in [1.29, 1.82) is 0 Å². The average molecular weight is 304 g/mol. The van der Waals surface area contributed by atoms with E-state index in [0.717, 1.165) is 25.7 Å². The summed E-state index contributed by atoms with van der Waals surface area (Å²) >= 11 is 0. The molecular formula is C16H25NaO4. The van der Waals surface area contributed by atoms with Crippen molar-refractivity contribution in [3.63, 3.8) is 0 Å². The molecule has 1 saturated heterocycles. The summed E-state index contributed by atoms with van der Waals surface area (Å²) in [5.74, 6) is -2.24. The standard InChI is InChI=1S/C16H26O4.Na/c17-14-12-13(15(18)19)16(20-14)10-8-6-4-2-1-3-5-7-9-11-16;/h13H,1-12H2,(H,18,19);/q;+1/p-1. The number of hydrogen-bond acceptors (Lipinski definition) is 4. The Balaban J connectivity index is 0.00000220. The van der Waals surface area contributed by atoms with E-state index in [9.17, 15) is 14.7 Å². The molecule has 1 aliphatic carbocycles. The summed E-state index contributed by atoms with van der Waals surface area (Å²) in [7, 11) is 0. The van der Waals surface area contributed by atoms with Gasteiger partial charge in [0.1, 0.15) is 5.60 Å². The van der Waals surface area contributed by atoms with Gasteiger partial charge in [0.2, 0.25) is 0 Å². The van der Waals surface area contributed by atoms with Crippen LogP contribution in [0.4, 0.5) is 0 Å². The zero-order chi connectivity index (χ0) is 14.4. The predicted molar refractivity (Wildman–Crippen MR) is 72.7 cm³/mol. The van der Waals surface area contributed by atoms with E-state index in [1.54, 1.807) is 0 Å². The Morgan fingerprint density at radius 1 is 0.952 bits per heavy atom. The van der Waals surface area contributed by atoms with Gasteiger partial charge < -0.3 is 14.6 Å². The fourth-order valence-corrected chi connectivity index (χ4v) is 3.65. The summed E-state index contributed by atoms with van der Waals surface area (Å²) in [6.07, 6.45) is 11.6. The normalized spacial score (nSPS) is 27.0. The molecule has 0 bridgehead atoms. The van der Waals surface area contributed by atoms with Gasteiger partial charge in [-0.25, -0.2) is 0 Å². The molecule has 2 rings (SSSR count). The molecule has 1 spiro atoms. The van der Waals surface area contributed by atoms with Gasteiger partial charge >= 0.3 is 35.5 Å². The number of carbonyl (C=O) groups is 2. The number of carboxylic acid groups (broad SMARTS) is 1. The van der Waals surface area contributed by atoms with E-state index in [-0.39, 0.29) is 41.9 Å². The smallest absolute Gasteiger partial charge is 0.550 e. The third kappa shape index (κ3) is 5.26. The molecule has 2 fully saturated rings. The number of rotatable bonds is 1. The fraction of sp³-hybridized carbons (Fsp3) is 0.875. The Bertz CT molecular complexity index is 344. The van der Waals surface area contributed by atoms with Crippen molar-refractivity contribution < 1.29 is 49.0 Å². The van der Waals surface area contributed by atoms with Crippen molar-refractivity contribution in [2.24, 2.45) is 5.92 Å². The monoisotopic (exact) mass is 304 g/mol. The van der Waals surface area contributed by atoms with Crippen LogP contribution in [-0.2, 0) is 14.3 Å². The maximum atomic E-state index is 11.6. The second kappa shape index (κ2) is 9.16. The molecule has 0 N–H and O–H groups in total. The van der Waals surface area contributed by atoms with E-state index < -0.39 is 17.5 Å². The molecule has 0 radical (unpaired) electrons. The first-order valence-electron chi connectivity index (χ1n) is 8.07. The topological polar surface area (TPSA) is 66.4 Å². The van der Waals surface area contributed by atoms with Crippen LogP contribution in [0.1, 0.15) is 77.0 Å². The summed E-state index contributed by atoms with van der Waals surface area (Å²) in [4.78, 5) is 22.9. The van der Waals surface area contributed by atoms with Crippen LogP contribution < -0.4 is 34.7 Å². The SMILES string of the molecule is O=C1CC(C(=O)[O-])C2(CCCCCCCCCCC2)O1.[Na+]. The van der Waals surface area contributed by atoms with E-state index in [1.807, 2.05) is 0 Å². The van der Waals surface area contributed by atoms with Crippen molar-refractivity contribution in [1.82, 2.24) is 0 Å². The maximum Gasteiger partial charge on any atom is 1.00 e. The maximum absolute atomic E-state index is 11.6. The number of aliphatic carboxylic acids is 1. The molecule has 1 aliphatic heterocycles. The third-order valence-electron chi connectivity index (χ3n) is 4.81. The Morgan fingerprint density at radius 2 is 1.38 bits per heavy atom. The van der Waals surface area contributed by atoms with Crippen LogP contribution in [0.3, 0.4) is 0 Å². The number of carboxylic acids is 1. The minimum atomic E-state index is -1.12. The van der Waals surface area contributed by atoms with Crippen LogP contribution in [0.5, 0.6) is 0 Å². The molecule has 1 heterocycles. The molecule has 1 atom stereocenters. The zero-order valence-electron chi connectivity index (χ0n) is 13.2. The van der Waals surface area contributed by atoms with Gasteiger partial charge in [-0.05, 0) is 25.7 Å². The van der Waals surface area contributed by atoms with Crippen molar-refractivity contribution >= 4 is 11.9 Å². The largest absolute Gasteiger partial charge is 1.00 e. The van der Waals surface area contributed by atoms with Crippen LogP contribution >= 0.6 is 0 Å². The second-order valence-corrected chi connectivity index (χ2v) is 6.30. The van der Waals surface area contributed by atoms with E-state index in [0.29, 0.717) is 12.8 Å². The van der Waals surface area contributed by atoms with E-state index >= 15 is 0 Å². The van der Waals surface area contributed by atoms with Gasteiger partial charge in [-0.3, -0.25) is 4.79 Å². The van der Waals surface area contributed by atoms with Crippen LogP contribution in [0.2, 0.25) is 0 Å². The van der Waals surface area contributed by atoms with E-state index in [2.05, 4.69) is 0 Å². The van der Waals surface area contributed by atoms with Crippen LogP contribution in [0, 0.1) is 5.92 Å². The van der Waals surface area contributed by atoms with Gasteiger partial charge in [0.25, 0.3) is 0 Å². The van der Waals surface area contributed by atoms with Crippen molar-refractivity contribution in [3.8, 4) is 0 Å². The molecule has 1 unspecified atom stereocenters.